The van der Waals surface area contributed by atoms with Gasteiger partial charge in [0.05, 0.1) is 19.8 Å². The SMILES string of the molecule is CN=C(NCC(=O)NC(C)(C)C)NCc1ccccc1CN1CCOCC1. The number of aliphatic imine (C=N–C) groups is 1. The second kappa shape index (κ2) is 10.3. The summed E-state index contributed by atoms with van der Waals surface area (Å²) >= 11 is 0. The van der Waals surface area contributed by atoms with Gasteiger partial charge in [0.25, 0.3) is 0 Å². The van der Waals surface area contributed by atoms with Crippen molar-refractivity contribution in [2.45, 2.75) is 39.4 Å². The minimum Gasteiger partial charge on any atom is -0.379 e. The molecule has 1 heterocycles. The Hall–Kier alpha value is -2.12. The second-order valence-corrected chi connectivity index (χ2v) is 7.73. The molecular formula is C20H33N5O2. The van der Waals surface area contributed by atoms with Gasteiger partial charge in [0.1, 0.15) is 0 Å². The first-order valence-electron chi connectivity index (χ1n) is 9.50. The number of hydrogen-bond donors (Lipinski definition) is 3. The first-order chi connectivity index (χ1) is 12.9. The molecule has 1 aromatic carbocycles. The van der Waals surface area contributed by atoms with Crippen LogP contribution in [0.3, 0.4) is 0 Å². The molecule has 2 rings (SSSR count). The van der Waals surface area contributed by atoms with E-state index in [1.165, 1.54) is 11.1 Å². The van der Waals surface area contributed by atoms with Crippen molar-refractivity contribution in [3.8, 4) is 0 Å². The maximum atomic E-state index is 12.0. The lowest BCUT2D eigenvalue weighted by atomic mass is 10.1. The van der Waals surface area contributed by atoms with Crippen molar-refractivity contribution in [3.63, 3.8) is 0 Å². The number of guanidine groups is 1. The Balaban J connectivity index is 1.86. The van der Waals surface area contributed by atoms with E-state index in [1.807, 2.05) is 26.8 Å². The molecule has 1 aromatic rings. The topological polar surface area (TPSA) is 78.0 Å². The average molecular weight is 376 g/mol. The number of morpholine rings is 1. The predicted molar refractivity (Wildman–Crippen MR) is 109 cm³/mol. The Morgan fingerprint density at radius 2 is 1.81 bits per heavy atom. The molecule has 0 radical (unpaired) electrons. The summed E-state index contributed by atoms with van der Waals surface area (Å²) in [5.41, 5.74) is 2.28. The van der Waals surface area contributed by atoms with Crippen LogP contribution in [0.2, 0.25) is 0 Å². The second-order valence-electron chi connectivity index (χ2n) is 7.73. The zero-order valence-corrected chi connectivity index (χ0v) is 17.0. The summed E-state index contributed by atoms with van der Waals surface area (Å²) < 4.78 is 5.43. The van der Waals surface area contributed by atoms with E-state index in [-0.39, 0.29) is 18.0 Å². The third-order valence-electron chi connectivity index (χ3n) is 4.22. The third kappa shape index (κ3) is 7.97. The van der Waals surface area contributed by atoms with Gasteiger partial charge in [-0.3, -0.25) is 14.7 Å². The van der Waals surface area contributed by atoms with Crippen LogP contribution < -0.4 is 16.0 Å². The summed E-state index contributed by atoms with van der Waals surface area (Å²) in [4.78, 5) is 18.6. The zero-order chi connectivity index (χ0) is 19.7. The van der Waals surface area contributed by atoms with Crippen LogP contribution in [0.1, 0.15) is 31.9 Å². The zero-order valence-electron chi connectivity index (χ0n) is 17.0. The first kappa shape index (κ1) is 21.2. The van der Waals surface area contributed by atoms with Crippen LogP contribution in [0.5, 0.6) is 0 Å². The summed E-state index contributed by atoms with van der Waals surface area (Å²) in [6.07, 6.45) is 0. The van der Waals surface area contributed by atoms with Crippen LogP contribution in [0.4, 0.5) is 0 Å². The van der Waals surface area contributed by atoms with Crippen molar-refractivity contribution in [3.05, 3.63) is 35.4 Å². The summed E-state index contributed by atoms with van der Waals surface area (Å²) in [7, 11) is 1.70. The number of benzene rings is 1. The predicted octanol–water partition coefficient (Wildman–Crippen LogP) is 1.10. The monoisotopic (exact) mass is 375 g/mol. The molecule has 0 aliphatic carbocycles. The maximum absolute atomic E-state index is 12.0. The Labute approximate surface area is 162 Å². The van der Waals surface area contributed by atoms with Crippen molar-refractivity contribution in [1.29, 1.82) is 0 Å². The number of nitrogens with zero attached hydrogens (tertiary/aromatic N) is 2. The van der Waals surface area contributed by atoms with Gasteiger partial charge in [-0.2, -0.15) is 0 Å². The molecule has 0 aromatic heterocycles. The summed E-state index contributed by atoms with van der Waals surface area (Å²) in [5, 5.41) is 9.29. The van der Waals surface area contributed by atoms with Crippen LogP contribution in [0.15, 0.2) is 29.3 Å². The lowest BCUT2D eigenvalue weighted by molar-refractivity contribution is -0.121. The summed E-state index contributed by atoms with van der Waals surface area (Å²) in [5.74, 6) is 0.554. The van der Waals surface area contributed by atoms with E-state index < -0.39 is 0 Å². The Kier molecular flexibility index (Phi) is 8.06. The molecular weight excluding hydrogens is 342 g/mol. The fourth-order valence-corrected chi connectivity index (χ4v) is 2.91. The van der Waals surface area contributed by atoms with Crippen molar-refractivity contribution >= 4 is 11.9 Å². The minimum atomic E-state index is -0.242. The molecule has 0 spiro atoms. The Bertz CT molecular complexity index is 634. The van der Waals surface area contributed by atoms with Crippen LogP contribution in [-0.2, 0) is 22.6 Å². The number of carbonyl (C=O) groups is 1. The van der Waals surface area contributed by atoms with Gasteiger partial charge in [0, 0.05) is 38.8 Å². The van der Waals surface area contributed by atoms with Crippen LogP contribution >= 0.6 is 0 Å². The summed E-state index contributed by atoms with van der Waals surface area (Å²) in [6, 6.07) is 8.41. The molecule has 1 amide bonds. The molecule has 0 unspecified atom stereocenters. The van der Waals surface area contributed by atoms with E-state index in [0.29, 0.717) is 12.5 Å². The van der Waals surface area contributed by atoms with Gasteiger partial charge in [-0.05, 0) is 31.9 Å². The number of carbonyl (C=O) groups excluding carboxylic acids is 1. The van der Waals surface area contributed by atoms with Crippen molar-refractivity contribution in [2.75, 3.05) is 39.9 Å². The molecule has 1 saturated heterocycles. The van der Waals surface area contributed by atoms with Gasteiger partial charge in [-0.1, -0.05) is 24.3 Å². The normalized spacial score (nSPS) is 16.1. The number of ether oxygens (including phenoxy) is 1. The molecule has 27 heavy (non-hydrogen) atoms. The van der Waals surface area contributed by atoms with E-state index in [2.05, 4.69) is 44.0 Å². The van der Waals surface area contributed by atoms with Crippen LogP contribution in [0.25, 0.3) is 0 Å². The van der Waals surface area contributed by atoms with Crippen molar-refractivity contribution < 1.29 is 9.53 Å². The minimum absolute atomic E-state index is 0.0573. The number of rotatable bonds is 6. The van der Waals surface area contributed by atoms with Crippen LogP contribution in [0, 0.1) is 0 Å². The molecule has 150 valence electrons. The molecule has 0 bridgehead atoms. The van der Waals surface area contributed by atoms with Gasteiger partial charge in [0.2, 0.25) is 5.91 Å². The highest BCUT2D eigenvalue weighted by Gasteiger charge is 2.15. The van der Waals surface area contributed by atoms with Gasteiger partial charge in [-0.15, -0.1) is 0 Å². The lowest BCUT2D eigenvalue weighted by Crippen LogP contribution is -2.48. The average Bonchev–Trinajstić information content (AvgIpc) is 2.62. The third-order valence-corrected chi connectivity index (χ3v) is 4.22. The molecule has 7 nitrogen and oxygen atoms in total. The smallest absolute Gasteiger partial charge is 0.239 e. The molecule has 1 fully saturated rings. The largest absolute Gasteiger partial charge is 0.379 e. The van der Waals surface area contributed by atoms with Gasteiger partial charge in [0.15, 0.2) is 5.96 Å². The number of amides is 1. The van der Waals surface area contributed by atoms with E-state index in [4.69, 9.17) is 4.74 Å². The first-order valence-corrected chi connectivity index (χ1v) is 9.50. The van der Waals surface area contributed by atoms with E-state index in [1.54, 1.807) is 7.05 Å². The highest BCUT2D eigenvalue weighted by molar-refractivity contribution is 5.86. The number of hydrogen-bond acceptors (Lipinski definition) is 4. The molecule has 7 heteroatoms. The molecule has 3 N–H and O–H groups in total. The van der Waals surface area contributed by atoms with Gasteiger partial charge >= 0.3 is 0 Å². The molecule has 0 saturated carbocycles. The summed E-state index contributed by atoms with van der Waals surface area (Å²) in [6.45, 7) is 11.2. The highest BCUT2D eigenvalue weighted by Crippen LogP contribution is 2.13. The number of nitrogens with one attached hydrogen (secondary N) is 3. The van der Waals surface area contributed by atoms with E-state index >= 15 is 0 Å². The molecule has 0 atom stereocenters. The fraction of sp³-hybridized carbons (Fsp3) is 0.600. The van der Waals surface area contributed by atoms with E-state index in [0.717, 1.165) is 32.8 Å². The van der Waals surface area contributed by atoms with Gasteiger partial charge < -0.3 is 20.7 Å². The molecule has 1 aliphatic rings. The maximum Gasteiger partial charge on any atom is 0.239 e. The quantitative estimate of drug-likeness (QED) is 0.513. The molecule has 1 aliphatic heterocycles. The van der Waals surface area contributed by atoms with Crippen molar-refractivity contribution in [1.82, 2.24) is 20.9 Å². The lowest BCUT2D eigenvalue weighted by Gasteiger charge is -2.27. The Morgan fingerprint density at radius 1 is 1.15 bits per heavy atom. The van der Waals surface area contributed by atoms with Gasteiger partial charge in [-0.25, -0.2) is 0 Å². The Morgan fingerprint density at radius 3 is 2.44 bits per heavy atom. The standard InChI is InChI=1S/C20H33N5O2/c1-20(2,3)24-18(26)14-23-19(21-4)22-13-16-7-5-6-8-17(16)15-25-9-11-27-12-10-25/h5-8H,9-15H2,1-4H3,(H,24,26)(H2,21,22,23). The van der Waals surface area contributed by atoms with E-state index in [9.17, 15) is 4.79 Å². The van der Waals surface area contributed by atoms with Crippen molar-refractivity contribution in [2.24, 2.45) is 4.99 Å². The fourth-order valence-electron chi connectivity index (χ4n) is 2.91. The van der Waals surface area contributed by atoms with Crippen LogP contribution in [-0.4, -0.2) is 62.2 Å². The highest BCUT2D eigenvalue weighted by atomic mass is 16.5.